The minimum Gasteiger partial charge on any atom is -0.485 e. The van der Waals surface area contributed by atoms with Crippen LogP contribution in [-0.4, -0.2) is 5.78 Å². The standard InChI is InChI=1S/C18H16F2O2/c1-11(2)17(21)16-12(3)14(19)9-15(20)18(16)22-10-13-7-5-4-6-8-13/h4-9H,1,10H2,2-3H3. The van der Waals surface area contributed by atoms with Gasteiger partial charge in [0.05, 0.1) is 5.56 Å². The Balaban J connectivity index is 2.43. The zero-order chi connectivity index (χ0) is 16.3. The minimum absolute atomic E-state index is 0.0532. The van der Waals surface area contributed by atoms with Crippen molar-refractivity contribution >= 4 is 5.78 Å². The number of hydrogen-bond acceptors (Lipinski definition) is 2. The summed E-state index contributed by atoms with van der Waals surface area (Å²) in [5.41, 5.74) is 0.952. The fraction of sp³-hybridized carbons (Fsp3) is 0.167. The first-order chi connectivity index (χ1) is 10.4. The van der Waals surface area contributed by atoms with Crippen molar-refractivity contribution in [2.45, 2.75) is 20.5 Å². The third-order valence-electron chi connectivity index (χ3n) is 3.27. The van der Waals surface area contributed by atoms with Crippen LogP contribution in [0.1, 0.15) is 28.4 Å². The van der Waals surface area contributed by atoms with Crippen LogP contribution in [0.25, 0.3) is 0 Å². The van der Waals surface area contributed by atoms with Crippen LogP contribution in [0.3, 0.4) is 0 Å². The molecule has 0 N–H and O–H groups in total. The van der Waals surface area contributed by atoms with Gasteiger partial charge in [-0.15, -0.1) is 0 Å². The van der Waals surface area contributed by atoms with Crippen LogP contribution in [0.4, 0.5) is 8.78 Å². The molecule has 0 atom stereocenters. The van der Waals surface area contributed by atoms with Crippen LogP contribution >= 0.6 is 0 Å². The summed E-state index contributed by atoms with van der Waals surface area (Å²) < 4.78 is 33.3. The average molecular weight is 302 g/mol. The second kappa shape index (κ2) is 6.52. The van der Waals surface area contributed by atoms with Gasteiger partial charge in [-0.3, -0.25) is 4.79 Å². The summed E-state index contributed by atoms with van der Waals surface area (Å²) >= 11 is 0. The lowest BCUT2D eigenvalue weighted by Gasteiger charge is -2.15. The van der Waals surface area contributed by atoms with Crippen LogP contribution in [0.2, 0.25) is 0 Å². The van der Waals surface area contributed by atoms with E-state index in [-0.39, 0.29) is 29.1 Å². The highest BCUT2D eigenvalue weighted by molar-refractivity contribution is 6.10. The number of rotatable bonds is 5. The van der Waals surface area contributed by atoms with Crippen molar-refractivity contribution in [2.75, 3.05) is 0 Å². The summed E-state index contributed by atoms with van der Waals surface area (Å²) in [7, 11) is 0. The van der Waals surface area contributed by atoms with Gasteiger partial charge in [0.1, 0.15) is 12.4 Å². The molecule has 0 radical (unpaired) electrons. The van der Waals surface area contributed by atoms with Gasteiger partial charge in [-0.1, -0.05) is 36.9 Å². The zero-order valence-electron chi connectivity index (χ0n) is 12.5. The summed E-state index contributed by atoms with van der Waals surface area (Å²) in [5.74, 6) is -2.45. The molecule has 0 saturated heterocycles. The SMILES string of the molecule is C=C(C)C(=O)c1c(C)c(F)cc(F)c1OCc1ccccc1. The van der Waals surface area contributed by atoms with E-state index in [9.17, 15) is 13.6 Å². The van der Waals surface area contributed by atoms with Gasteiger partial charge in [0, 0.05) is 6.07 Å². The maximum Gasteiger partial charge on any atom is 0.192 e. The van der Waals surface area contributed by atoms with Crippen molar-refractivity contribution in [2.24, 2.45) is 0 Å². The second-order valence-electron chi connectivity index (χ2n) is 5.05. The summed E-state index contributed by atoms with van der Waals surface area (Å²) in [5, 5.41) is 0. The van der Waals surface area contributed by atoms with E-state index in [1.54, 1.807) is 0 Å². The molecule has 2 aromatic rings. The van der Waals surface area contributed by atoms with E-state index in [4.69, 9.17) is 4.74 Å². The van der Waals surface area contributed by atoms with Crippen molar-refractivity contribution in [1.82, 2.24) is 0 Å². The number of Topliss-reactive ketones (excluding diaryl/α,β-unsaturated/α-hetero) is 1. The molecule has 0 fully saturated rings. The molecule has 0 aliphatic rings. The van der Waals surface area contributed by atoms with Gasteiger partial charge < -0.3 is 4.74 Å². The van der Waals surface area contributed by atoms with Crippen molar-refractivity contribution in [3.05, 3.63) is 76.9 Å². The van der Waals surface area contributed by atoms with E-state index in [1.165, 1.54) is 13.8 Å². The monoisotopic (exact) mass is 302 g/mol. The third kappa shape index (κ3) is 3.22. The number of hydrogen-bond donors (Lipinski definition) is 0. The Morgan fingerprint density at radius 1 is 1.18 bits per heavy atom. The molecule has 0 heterocycles. The van der Waals surface area contributed by atoms with Crippen LogP contribution in [0.5, 0.6) is 5.75 Å². The van der Waals surface area contributed by atoms with E-state index in [0.717, 1.165) is 11.6 Å². The van der Waals surface area contributed by atoms with Gasteiger partial charge in [-0.2, -0.15) is 0 Å². The van der Waals surface area contributed by atoms with Gasteiger partial charge in [0.25, 0.3) is 0 Å². The Morgan fingerprint density at radius 3 is 2.41 bits per heavy atom. The smallest absolute Gasteiger partial charge is 0.192 e. The topological polar surface area (TPSA) is 26.3 Å². The van der Waals surface area contributed by atoms with Gasteiger partial charge in [-0.25, -0.2) is 8.78 Å². The van der Waals surface area contributed by atoms with Gasteiger partial charge >= 0.3 is 0 Å². The molecule has 0 bridgehead atoms. The molecule has 0 aliphatic carbocycles. The number of carbonyl (C=O) groups is 1. The lowest BCUT2D eigenvalue weighted by molar-refractivity contribution is 0.102. The lowest BCUT2D eigenvalue weighted by atomic mass is 9.98. The Labute approximate surface area is 128 Å². The minimum atomic E-state index is -0.899. The average Bonchev–Trinajstić information content (AvgIpc) is 2.49. The predicted octanol–water partition coefficient (Wildman–Crippen LogP) is 4.61. The number of carbonyl (C=O) groups excluding carboxylic acids is 1. The molecule has 0 aliphatic heterocycles. The van der Waals surface area contributed by atoms with E-state index >= 15 is 0 Å². The Hall–Kier alpha value is -2.49. The highest BCUT2D eigenvalue weighted by atomic mass is 19.1. The quantitative estimate of drug-likeness (QED) is 0.595. The molecule has 0 spiro atoms. The molecule has 0 saturated carbocycles. The largest absolute Gasteiger partial charge is 0.485 e. The third-order valence-corrected chi connectivity index (χ3v) is 3.27. The Morgan fingerprint density at radius 2 is 1.82 bits per heavy atom. The first kappa shape index (κ1) is 15.9. The first-order valence-corrected chi connectivity index (χ1v) is 6.77. The Kier molecular flexibility index (Phi) is 4.71. The number of halogens is 2. The van der Waals surface area contributed by atoms with Crippen molar-refractivity contribution in [3.63, 3.8) is 0 Å². The fourth-order valence-corrected chi connectivity index (χ4v) is 2.05. The highest BCUT2D eigenvalue weighted by Crippen LogP contribution is 2.30. The van der Waals surface area contributed by atoms with Crippen LogP contribution in [-0.2, 0) is 6.61 Å². The number of allylic oxidation sites excluding steroid dienone is 1. The molecule has 2 rings (SSSR count). The van der Waals surface area contributed by atoms with E-state index in [1.807, 2.05) is 30.3 Å². The summed E-state index contributed by atoms with van der Waals surface area (Å²) in [6.45, 7) is 6.53. The summed E-state index contributed by atoms with van der Waals surface area (Å²) in [6.07, 6.45) is 0. The second-order valence-corrected chi connectivity index (χ2v) is 5.05. The van der Waals surface area contributed by atoms with Crippen LogP contribution < -0.4 is 4.74 Å². The molecule has 2 aromatic carbocycles. The molecule has 114 valence electrons. The van der Waals surface area contributed by atoms with E-state index in [2.05, 4.69) is 6.58 Å². The molecular weight excluding hydrogens is 286 g/mol. The molecule has 0 unspecified atom stereocenters. The van der Waals surface area contributed by atoms with Gasteiger partial charge in [0.15, 0.2) is 17.3 Å². The number of benzene rings is 2. The molecule has 4 heteroatoms. The van der Waals surface area contributed by atoms with Crippen molar-refractivity contribution < 1.29 is 18.3 Å². The van der Waals surface area contributed by atoms with Crippen LogP contribution in [0, 0.1) is 18.6 Å². The number of ketones is 1. The zero-order valence-corrected chi connectivity index (χ0v) is 12.5. The highest BCUT2D eigenvalue weighted by Gasteiger charge is 2.23. The maximum absolute atomic E-state index is 14.1. The predicted molar refractivity (Wildman–Crippen MR) is 81.0 cm³/mol. The van der Waals surface area contributed by atoms with E-state index < -0.39 is 17.4 Å². The molecule has 2 nitrogen and oxygen atoms in total. The summed E-state index contributed by atoms with van der Waals surface area (Å²) in [4.78, 5) is 12.2. The van der Waals surface area contributed by atoms with Crippen molar-refractivity contribution in [3.8, 4) is 5.75 Å². The van der Waals surface area contributed by atoms with Crippen LogP contribution in [0.15, 0.2) is 48.6 Å². The molecule has 0 aromatic heterocycles. The molecular formula is C18H16F2O2. The lowest BCUT2D eigenvalue weighted by Crippen LogP contribution is -2.10. The van der Waals surface area contributed by atoms with Crippen molar-refractivity contribution in [1.29, 1.82) is 0 Å². The maximum atomic E-state index is 14.1. The Bertz CT molecular complexity index is 722. The molecule has 22 heavy (non-hydrogen) atoms. The van der Waals surface area contributed by atoms with Gasteiger partial charge in [0.2, 0.25) is 0 Å². The first-order valence-electron chi connectivity index (χ1n) is 6.77. The number of ether oxygens (including phenoxy) is 1. The van der Waals surface area contributed by atoms with E-state index in [0.29, 0.717) is 0 Å². The molecule has 0 amide bonds. The summed E-state index contributed by atoms with van der Waals surface area (Å²) in [6, 6.07) is 9.85. The van der Waals surface area contributed by atoms with Gasteiger partial charge in [-0.05, 0) is 30.5 Å². The normalized spacial score (nSPS) is 10.4. The fourth-order valence-electron chi connectivity index (χ4n) is 2.05.